The lowest BCUT2D eigenvalue weighted by molar-refractivity contribution is -0.118. The number of ether oxygens (including phenoxy) is 1. The number of benzene rings is 2. The van der Waals surface area contributed by atoms with Crippen molar-refractivity contribution in [2.45, 2.75) is 45.1 Å². The number of hydrogen-bond donors (Lipinski definition) is 2. The molecule has 0 unspecified atom stereocenters. The Hall–Kier alpha value is -2.82. The van der Waals surface area contributed by atoms with E-state index in [1.54, 1.807) is 24.3 Å². The molecule has 0 radical (unpaired) electrons. The minimum atomic E-state index is -0.235. The maximum absolute atomic E-state index is 12.4. The van der Waals surface area contributed by atoms with Gasteiger partial charge in [-0.25, -0.2) is 0 Å². The summed E-state index contributed by atoms with van der Waals surface area (Å²) in [5.41, 5.74) is 2.15. The molecule has 0 saturated heterocycles. The summed E-state index contributed by atoms with van der Waals surface area (Å²) in [4.78, 5) is 24.5. The molecule has 2 aromatic rings. The minimum Gasteiger partial charge on any atom is -0.484 e. The first-order chi connectivity index (χ1) is 13.1. The number of carbonyl (C=O) groups excluding carboxylic acids is 2. The van der Waals surface area contributed by atoms with Crippen LogP contribution in [0, 0.1) is 6.92 Å². The van der Waals surface area contributed by atoms with Gasteiger partial charge in [-0.15, -0.1) is 0 Å². The second-order valence-corrected chi connectivity index (χ2v) is 6.99. The lowest BCUT2D eigenvalue weighted by atomic mass is 9.95. The summed E-state index contributed by atoms with van der Waals surface area (Å²) >= 11 is 0. The van der Waals surface area contributed by atoms with Crippen LogP contribution < -0.4 is 15.4 Å². The Bertz CT molecular complexity index is 783. The Morgan fingerprint density at radius 3 is 2.48 bits per heavy atom. The SMILES string of the molecule is Cc1cc(C(=O)NC2CCCCC2)ccc1NC(=O)COc1ccccc1. The lowest BCUT2D eigenvalue weighted by Gasteiger charge is -2.23. The van der Waals surface area contributed by atoms with Crippen LogP contribution in [0.25, 0.3) is 0 Å². The van der Waals surface area contributed by atoms with Crippen molar-refractivity contribution in [2.24, 2.45) is 0 Å². The van der Waals surface area contributed by atoms with Gasteiger partial charge in [-0.1, -0.05) is 37.5 Å². The van der Waals surface area contributed by atoms with Crippen molar-refractivity contribution in [1.82, 2.24) is 5.32 Å². The molecule has 1 aliphatic carbocycles. The zero-order chi connectivity index (χ0) is 19.1. The van der Waals surface area contributed by atoms with E-state index in [4.69, 9.17) is 4.74 Å². The molecule has 2 aromatic carbocycles. The number of para-hydroxylation sites is 1. The molecule has 142 valence electrons. The van der Waals surface area contributed by atoms with Crippen molar-refractivity contribution in [2.75, 3.05) is 11.9 Å². The van der Waals surface area contributed by atoms with Crippen molar-refractivity contribution in [3.05, 3.63) is 59.7 Å². The summed E-state index contributed by atoms with van der Waals surface area (Å²) in [7, 11) is 0. The molecular formula is C22H26N2O3. The number of amides is 2. The van der Waals surface area contributed by atoms with E-state index in [1.807, 2.05) is 31.2 Å². The highest BCUT2D eigenvalue weighted by atomic mass is 16.5. The first-order valence-corrected chi connectivity index (χ1v) is 9.51. The smallest absolute Gasteiger partial charge is 0.262 e. The largest absolute Gasteiger partial charge is 0.484 e. The van der Waals surface area contributed by atoms with E-state index in [0.717, 1.165) is 18.4 Å². The van der Waals surface area contributed by atoms with Crippen molar-refractivity contribution < 1.29 is 14.3 Å². The minimum absolute atomic E-state index is 0.0460. The van der Waals surface area contributed by atoms with Gasteiger partial charge < -0.3 is 15.4 Å². The van der Waals surface area contributed by atoms with Gasteiger partial charge in [0.15, 0.2) is 6.61 Å². The average Bonchev–Trinajstić information content (AvgIpc) is 2.69. The zero-order valence-electron chi connectivity index (χ0n) is 15.7. The van der Waals surface area contributed by atoms with Crippen LogP contribution in [-0.4, -0.2) is 24.5 Å². The van der Waals surface area contributed by atoms with Gasteiger partial charge >= 0.3 is 0 Å². The molecule has 1 saturated carbocycles. The Balaban J connectivity index is 1.54. The fourth-order valence-electron chi connectivity index (χ4n) is 3.31. The van der Waals surface area contributed by atoms with E-state index >= 15 is 0 Å². The van der Waals surface area contributed by atoms with Gasteiger partial charge in [0, 0.05) is 17.3 Å². The van der Waals surface area contributed by atoms with Gasteiger partial charge in [0.1, 0.15) is 5.75 Å². The third kappa shape index (κ3) is 5.58. The summed E-state index contributed by atoms with van der Waals surface area (Å²) in [6.07, 6.45) is 5.73. The van der Waals surface area contributed by atoms with Crippen LogP contribution >= 0.6 is 0 Å². The molecule has 0 aromatic heterocycles. The van der Waals surface area contributed by atoms with Crippen LogP contribution in [-0.2, 0) is 4.79 Å². The molecule has 27 heavy (non-hydrogen) atoms. The van der Waals surface area contributed by atoms with Crippen LogP contribution in [0.4, 0.5) is 5.69 Å². The number of nitrogens with one attached hydrogen (secondary N) is 2. The highest BCUT2D eigenvalue weighted by Gasteiger charge is 2.17. The Labute approximate surface area is 160 Å². The number of rotatable bonds is 6. The quantitative estimate of drug-likeness (QED) is 0.810. The summed E-state index contributed by atoms with van der Waals surface area (Å²) in [5, 5.41) is 5.95. The number of anilines is 1. The predicted octanol–water partition coefficient (Wildman–Crippen LogP) is 4.08. The molecule has 0 aliphatic heterocycles. The third-order valence-electron chi connectivity index (χ3n) is 4.82. The van der Waals surface area contributed by atoms with E-state index in [2.05, 4.69) is 10.6 Å². The molecular weight excluding hydrogens is 340 g/mol. The van der Waals surface area contributed by atoms with Crippen molar-refractivity contribution in [1.29, 1.82) is 0 Å². The van der Waals surface area contributed by atoms with E-state index in [9.17, 15) is 9.59 Å². The highest BCUT2D eigenvalue weighted by Crippen LogP contribution is 2.20. The maximum Gasteiger partial charge on any atom is 0.262 e. The first kappa shape index (κ1) is 19.0. The second kappa shape index (κ2) is 9.21. The first-order valence-electron chi connectivity index (χ1n) is 9.51. The van der Waals surface area contributed by atoms with E-state index in [-0.39, 0.29) is 24.5 Å². The van der Waals surface area contributed by atoms with Crippen LogP contribution in [0.1, 0.15) is 48.0 Å². The number of hydrogen-bond acceptors (Lipinski definition) is 3. The highest BCUT2D eigenvalue weighted by molar-refractivity contribution is 5.97. The van der Waals surface area contributed by atoms with Gasteiger partial charge in [0.05, 0.1) is 0 Å². The molecule has 1 fully saturated rings. The molecule has 5 nitrogen and oxygen atoms in total. The average molecular weight is 366 g/mol. The van der Waals surface area contributed by atoms with Crippen LogP contribution in [0.3, 0.4) is 0 Å². The second-order valence-electron chi connectivity index (χ2n) is 6.99. The molecule has 0 heterocycles. The van der Waals surface area contributed by atoms with Gasteiger partial charge in [0.2, 0.25) is 0 Å². The van der Waals surface area contributed by atoms with Gasteiger partial charge in [-0.2, -0.15) is 0 Å². The van der Waals surface area contributed by atoms with Crippen LogP contribution in [0.2, 0.25) is 0 Å². The molecule has 0 spiro atoms. The van der Waals surface area contributed by atoms with Gasteiger partial charge in [-0.3, -0.25) is 9.59 Å². The third-order valence-corrected chi connectivity index (χ3v) is 4.82. The fourth-order valence-corrected chi connectivity index (χ4v) is 3.31. The lowest BCUT2D eigenvalue weighted by Crippen LogP contribution is -2.36. The topological polar surface area (TPSA) is 67.4 Å². The monoisotopic (exact) mass is 366 g/mol. The summed E-state index contributed by atoms with van der Waals surface area (Å²) in [6.45, 7) is 1.82. The molecule has 3 rings (SSSR count). The van der Waals surface area contributed by atoms with Crippen molar-refractivity contribution in [3.63, 3.8) is 0 Å². The van der Waals surface area contributed by atoms with Crippen molar-refractivity contribution in [3.8, 4) is 5.75 Å². The summed E-state index contributed by atoms with van der Waals surface area (Å²) < 4.78 is 5.45. The molecule has 2 amide bonds. The van der Waals surface area contributed by atoms with E-state index in [0.29, 0.717) is 17.0 Å². The summed E-state index contributed by atoms with van der Waals surface area (Å²) in [5.74, 6) is 0.371. The van der Waals surface area contributed by atoms with Crippen molar-refractivity contribution >= 4 is 17.5 Å². The molecule has 2 N–H and O–H groups in total. The normalized spacial score (nSPS) is 14.4. The van der Waals surface area contributed by atoms with Gasteiger partial charge in [0.25, 0.3) is 11.8 Å². The number of aryl methyl sites for hydroxylation is 1. The number of carbonyl (C=O) groups is 2. The molecule has 5 heteroatoms. The Kier molecular flexibility index (Phi) is 6.47. The predicted molar refractivity (Wildman–Crippen MR) is 106 cm³/mol. The fraction of sp³-hybridized carbons (Fsp3) is 0.364. The summed E-state index contributed by atoms with van der Waals surface area (Å²) in [6, 6.07) is 14.8. The zero-order valence-corrected chi connectivity index (χ0v) is 15.7. The van der Waals surface area contributed by atoms with Crippen LogP contribution in [0.5, 0.6) is 5.75 Å². The molecule has 0 bridgehead atoms. The van der Waals surface area contributed by atoms with E-state index in [1.165, 1.54) is 19.3 Å². The van der Waals surface area contributed by atoms with E-state index < -0.39 is 0 Å². The Morgan fingerprint density at radius 2 is 1.78 bits per heavy atom. The van der Waals surface area contributed by atoms with Gasteiger partial charge in [-0.05, 0) is 55.7 Å². The Morgan fingerprint density at radius 1 is 1.04 bits per heavy atom. The molecule has 0 atom stereocenters. The molecule has 1 aliphatic rings. The maximum atomic E-state index is 12.4. The van der Waals surface area contributed by atoms with Crippen LogP contribution in [0.15, 0.2) is 48.5 Å². The standard InChI is InChI=1S/C22H26N2O3/c1-16-14-17(22(26)23-18-8-4-2-5-9-18)12-13-20(16)24-21(25)15-27-19-10-6-3-7-11-19/h3,6-7,10-14,18H,2,4-5,8-9,15H2,1H3,(H,23,26)(H,24,25).